The fourth-order valence-electron chi connectivity index (χ4n) is 6.34. The molecule has 2 amide bonds. The van der Waals surface area contributed by atoms with E-state index in [4.69, 9.17) is 39.7 Å². The number of amidine groups is 1. The summed E-state index contributed by atoms with van der Waals surface area (Å²) in [5.74, 6) is -2.43. The molecule has 2 aliphatic rings. The molecule has 256 valence electrons. The number of pyridine rings is 1. The van der Waals surface area contributed by atoms with E-state index in [2.05, 4.69) is 19.9 Å². The Bertz CT molecular complexity index is 1830. The van der Waals surface area contributed by atoms with Crippen molar-refractivity contribution in [3.05, 3.63) is 69.8 Å². The second-order valence-corrected chi connectivity index (χ2v) is 12.9. The summed E-state index contributed by atoms with van der Waals surface area (Å²) in [6, 6.07) is 4.78. The summed E-state index contributed by atoms with van der Waals surface area (Å²) in [6.07, 6.45) is -2.82. The van der Waals surface area contributed by atoms with Crippen LogP contribution >= 0.6 is 0 Å². The topological polar surface area (TPSA) is 150 Å². The van der Waals surface area contributed by atoms with Gasteiger partial charge in [-0.2, -0.15) is 18.2 Å². The van der Waals surface area contributed by atoms with E-state index in [0.717, 1.165) is 6.07 Å². The first kappa shape index (κ1) is 37.0. The van der Waals surface area contributed by atoms with Gasteiger partial charge >= 0.3 is 6.18 Å². The number of anilines is 1. The molecule has 1 aliphatic carbocycles. The highest BCUT2D eigenvalue weighted by atomic mass is 19.4. The van der Waals surface area contributed by atoms with Gasteiger partial charge < -0.3 is 21.1 Å². The van der Waals surface area contributed by atoms with Crippen LogP contribution in [0.3, 0.4) is 0 Å². The average Bonchev–Trinajstić information content (AvgIpc) is 3.84. The van der Waals surface area contributed by atoms with Crippen molar-refractivity contribution in [3.63, 3.8) is 0 Å². The lowest BCUT2D eigenvalue weighted by Crippen LogP contribution is -2.43. The first-order valence-electron chi connectivity index (χ1n) is 16.0. The third-order valence-corrected chi connectivity index (χ3v) is 8.80. The summed E-state index contributed by atoms with van der Waals surface area (Å²) in [4.78, 5) is 43.5. The van der Waals surface area contributed by atoms with Crippen LogP contribution < -0.4 is 16.4 Å². The second-order valence-electron chi connectivity index (χ2n) is 12.9. The van der Waals surface area contributed by atoms with Crippen LogP contribution in [0.25, 0.3) is 11.1 Å². The molecule has 50 heavy (non-hydrogen) atoms. The molecular weight excluding hydrogens is 651 g/mol. The van der Waals surface area contributed by atoms with E-state index in [1.54, 1.807) is 19.9 Å². The Morgan fingerprint density at radius 3 is 2.26 bits per heavy atom. The molecule has 2 fully saturated rings. The zero-order chi connectivity index (χ0) is 36.7. The van der Waals surface area contributed by atoms with Crippen LogP contribution in [-0.4, -0.2) is 74.0 Å². The number of ether oxygens (including phenoxy) is 1. The fraction of sp³-hybridized carbons (Fsp3) is 0.455. The van der Waals surface area contributed by atoms with Gasteiger partial charge in [-0.15, -0.1) is 0 Å². The number of primary amides is 1. The van der Waals surface area contributed by atoms with Gasteiger partial charge in [-0.25, -0.2) is 19.3 Å². The molecular formula is C33H34B3F4N7O3. The van der Waals surface area contributed by atoms with Gasteiger partial charge in [-0.05, 0) is 81.6 Å². The highest BCUT2D eigenvalue weighted by molar-refractivity contribution is 6.58. The number of carbonyl (C=O) groups is 2. The normalized spacial score (nSPS) is 18.7. The number of hydrogen-bond acceptors (Lipinski definition) is 7. The number of hydrogen-bond donors (Lipinski definition) is 2. The molecule has 1 saturated carbocycles. The molecule has 1 aliphatic heterocycles. The number of carbonyl (C=O) groups excluding carboxylic acids is 2. The monoisotopic (exact) mass is 685 g/mol. The lowest BCUT2D eigenvalue weighted by Gasteiger charge is -2.40. The lowest BCUT2D eigenvalue weighted by molar-refractivity contribution is -0.141. The van der Waals surface area contributed by atoms with Gasteiger partial charge in [0.15, 0.2) is 0 Å². The maximum Gasteiger partial charge on any atom is 0.433 e. The van der Waals surface area contributed by atoms with E-state index in [9.17, 15) is 22.8 Å². The molecule has 10 nitrogen and oxygen atoms in total. The van der Waals surface area contributed by atoms with Crippen molar-refractivity contribution in [1.82, 2.24) is 15.0 Å². The number of nitrogens with two attached hydrogens (primary N) is 2. The van der Waals surface area contributed by atoms with Gasteiger partial charge in [-0.3, -0.25) is 9.59 Å². The van der Waals surface area contributed by atoms with Crippen LogP contribution in [0.5, 0.6) is 0 Å². The Balaban J connectivity index is 1.43. The maximum absolute atomic E-state index is 16.0. The first-order valence-corrected chi connectivity index (χ1v) is 16.0. The van der Waals surface area contributed by atoms with Crippen LogP contribution in [0.1, 0.15) is 78.3 Å². The minimum atomic E-state index is -4.62. The Morgan fingerprint density at radius 2 is 1.70 bits per heavy atom. The number of benzene rings is 1. The molecule has 2 atom stereocenters. The molecule has 0 bridgehead atoms. The number of piperidine rings is 1. The number of alkyl halides is 3. The maximum atomic E-state index is 16.0. The molecule has 6 radical (unpaired) electrons. The number of amides is 2. The fourth-order valence-corrected chi connectivity index (χ4v) is 6.34. The molecule has 17 heteroatoms. The third-order valence-electron chi connectivity index (χ3n) is 8.80. The lowest BCUT2D eigenvalue weighted by atomic mass is 9.52. The minimum absolute atomic E-state index is 0.127. The Labute approximate surface area is 291 Å². The molecule has 1 aromatic carbocycles. The number of aryl methyl sites for hydroxylation is 2. The van der Waals surface area contributed by atoms with Crippen molar-refractivity contribution in [1.29, 1.82) is 0 Å². The van der Waals surface area contributed by atoms with Crippen molar-refractivity contribution in [2.45, 2.75) is 82.9 Å². The quantitative estimate of drug-likeness (QED) is 0.143. The van der Waals surface area contributed by atoms with Gasteiger partial charge in [0.2, 0.25) is 5.91 Å². The largest absolute Gasteiger partial charge is 0.433 e. The van der Waals surface area contributed by atoms with Crippen LogP contribution in [0.4, 0.5) is 23.2 Å². The van der Waals surface area contributed by atoms with Gasteiger partial charge in [0.05, 0.1) is 42.3 Å². The summed E-state index contributed by atoms with van der Waals surface area (Å²) in [7, 11) is 16.9. The molecule has 2 aromatic heterocycles. The highest BCUT2D eigenvalue weighted by Gasteiger charge is 2.37. The number of aromatic nitrogens is 3. The van der Waals surface area contributed by atoms with Gasteiger partial charge in [0.1, 0.15) is 23.2 Å². The number of nitrogens with zero attached hydrogens (tertiary/aromatic N) is 5. The zero-order valence-electron chi connectivity index (χ0n) is 27.9. The Kier molecular flexibility index (Phi) is 10.5. The zero-order valence-corrected chi connectivity index (χ0v) is 27.9. The summed E-state index contributed by atoms with van der Waals surface area (Å²) in [5.41, 5.74) is 13.5. The van der Waals surface area contributed by atoms with E-state index in [-0.39, 0.29) is 53.5 Å². The van der Waals surface area contributed by atoms with E-state index >= 15 is 4.39 Å². The van der Waals surface area contributed by atoms with E-state index in [0.29, 0.717) is 60.4 Å². The van der Waals surface area contributed by atoms with Crippen molar-refractivity contribution in [2.75, 3.05) is 11.4 Å². The summed E-state index contributed by atoms with van der Waals surface area (Å²) in [6.45, 7) is 5.23. The smallest absolute Gasteiger partial charge is 0.398 e. The molecule has 2 unspecified atom stereocenters. The molecule has 5 rings (SSSR count). The number of aliphatic imine (C=N–C) groups is 1. The van der Waals surface area contributed by atoms with Crippen LogP contribution in [-0.2, 0) is 33.5 Å². The molecule has 0 spiro atoms. The highest BCUT2D eigenvalue weighted by Crippen LogP contribution is 2.42. The number of rotatable bonds is 10. The number of halogens is 4. The standard InChI is InChI=1S/C33H34B3F4N7O3/c1-15-10-19(31(49)46-30(42)21-6-7-25(32(38,39)40)45-29(21)18-4-5-18)8-9-47(15)24-12-20(11-23(37)22(24)14-50-33(34,35)36)28-16(2)43-27(13-26(41)48)44-17(28)3/h6-7,11-12,15,18-19H,4-5,8-10,13-14H2,1-3H3,(H2,41,48)(H2,42,46,49). The summed E-state index contributed by atoms with van der Waals surface area (Å²) in [5, 5.41) is -2.04. The second kappa shape index (κ2) is 14.2. The van der Waals surface area contributed by atoms with Crippen molar-refractivity contribution < 1.29 is 31.9 Å². The van der Waals surface area contributed by atoms with Crippen molar-refractivity contribution >= 4 is 46.9 Å². The molecule has 1 saturated heterocycles. The van der Waals surface area contributed by atoms with E-state index < -0.39 is 40.7 Å². The minimum Gasteiger partial charge on any atom is -0.398 e. The predicted octanol–water partition coefficient (Wildman–Crippen LogP) is 3.39. The Morgan fingerprint density at radius 1 is 1.04 bits per heavy atom. The molecule has 3 aromatic rings. The SMILES string of the molecule is [B]C([B])([B])OCc1c(F)cc(-c2c(C)nc(CC(N)=O)nc2C)cc1N1CCC(C(=O)N=C(N)c2ccc(C(F)(F)F)nc2C2CC2)CC1C. The Hall–Kier alpha value is -4.27. The van der Waals surface area contributed by atoms with Gasteiger partial charge in [0.25, 0.3) is 5.91 Å². The van der Waals surface area contributed by atoms with Crippen LogP contribution in [0.15, 0.2) is 29.3 Å². The van der Waals surface area contributed by atoms with Gasteiger partial charge in [-0.1, -0.05) is 0 Å². The predicted molar refractivity (Wildman–Crippen MR) is 181 cm³/mol. The third kappa shape index (κ3) is 8.54. The first-order chi connectivity index (χ1) is 23.3. The molecule has 4 N–H and O–H groups in total. The summed E-state index contributed by atoms with van der Waals surface area (Å²) < 4.78 is 61.3. The van der Waals surface area contributed by atoms with Crippen LogP contribution in [0, 0.1) is 25.6 Å². The van der Waals surface area contributed by atoms with Crippen LogP contribution in [0.2, 0.25) is 0 Å². The van der Waals surface area contributed by atoms with E-state index in [1.807, 2.05) is 11.8 Å². The molecule has 3 heterocycles. The van der Waals surface area contributed by atoms with Gasteiger partial charge in [0, 0.05) is 58.2 Å². The average molecular weight is 685 g/mol. The van der Waals surface area contributed by atoms with E-state index in [1.165, 1.54) is 12.1 Å². The van der Waals surface area contributed by atoms with Crippen molar-refractivity contribution in [3.8, 4) is 11.1 Å². The van der Waals surface area contributed by atoms with Crippen molar-refractivity contribution in [2.24, 2.45) is 22.4 Å². The summed E-state index contributed by atoms with van der Waals surface area (Å²) >= 11 is 0.